The molecule has 0 saturated carbocycles. The van der Waals surface area contributed by atoms with Gasteiger partial charge in [0.05, 0.1) is 0 Å². The normalized spacial score (nSPS) is 12.6. The summed E-state index contributed by atoms with van der Waals surface area (Å²) in [6.07, 6.45) is 2.67. The first-order chi connectivity index (χ1) is 4.63. The highest BCUT2D eigenvalue weighted by molar-refractivity contribution is 6.03. The van der Waals surface area contributed by atoms with E-state index in [2.05, 4.69) is 4.99 Å². The van der Waals surface area contributed by atoms with E-state index in [0.29, 0.717) is 0 Å². The summed E-state index contributed by atoms with van der Waals surface area (Å²) >= 11 is 0. The van der Waals surface area contributed by atoms with E-state index in [1.165, 1.54) is 12.3 Å². The van der Waals surface area contributed by atoms with Gasteiger partial charge < -0.3 is 10.2 Å². The van der Waals surface area contributed by atoms with E-state index in [9.17, 15) is 4.79 Å². The Morgan fingerprint density at radius 1 is 1.50 bits per heavy atom. The van der Waals surface area contributed by atoms with E-state index in [4.69, 9.17) is 15.0 Å². The molecule has 5 nitrogen and oxygen atoms in total. The molecule has 54 valence electrons. The number of allylic oxidation sites excluding steroid dienone is 1. The van der Waals surface area contributed by atoms with Crippen molar-refractivity contribution >= 4 is 18.3 Å². The minimum Gasteiger partial charge on any atom is -0.450 e. The molecule has 0 aromatic heterocycles. The van der Waals surface area contributed by atoms with Crippen LogP contribution in [-0.4, -0.2) is 28.5 Å². The summed E-state index contributed by atoms with van der Waals surface area (Å²) in [7, 11) is 0. The Morgan fingerprint density at radius 3 is 2.10 bits per heavy atom. The molecule has 10 heavy (non-hydrogen) atoms. The topological polar surface area (TPSA) is 87.0 Å². The lowest BCUT2D eigenvalue weighted by Gasteiger charge is -1.62. The first-order valence-electron chi connectivity index (χ1n) is 2.29. The van der Waals surface area contributed by atoms with Gasteiger partial charge in [-0.15, -0.1) is 0 Å². The third-order valence-corrected chi connectivity index (χ3v) is 0.527. The largest absolute Gasteiger partial charge is 0.503 e. The van der Waals surface area contributed by atoms with Crippen LogP contribution in [0, 0.1) is 0 Å². The fraction of sp³-hybridized carbons (Fsp3) is 0. The van der Waals surface area contributed by atoms with Crippen LogP contribution in [0.4, 0.5) is 4.79 Å². The molecule has 1 heterocycles. The zero-order valence-corrected chi connectivity index (χ0v) is 4.89. The highest BCUT2D eigenvalue weighted by Crippen LogP contribution is 1.83. The van der Waals surface area contributed by atoms with Crippen LogP contribution in [0.1, 0.15) is 0 Å². The van der Waals surface area contributed by atoms with Crippen LogP contribution in [0.5, 0.6) is 0 Å². The number of rotatable bonds is 0. The van der Waals surface area contributed by atoms with Gasteiger partial charge in [0, 0.05) is 12.3 Å². The molecule has 0 spiro atoms. The quantitative estimate of drug-likeness (QED) is 0.513. The third kappa shape index (κ3) is 6.35. The van der Waals surface area contributed by atoms with Crippen molar-refractivity contribution in [3.63, 3.8) is 0 Å². The number of amides is 1. The van der Waals surface area contributed by atoms with Crippen LogP contribution < -0.4 is 0 Å². The van der Waals surface area contributed by atoms with Gasteiger partial charge >= 0.3 is 6.16 Å². The molecule has 0 bridgehead atoms. The fourth-order valence-electron chi connectivity index (χ4n) is 0.285. The van der Waals surface area contributed by atoms with E-state index in [-0.39, 0.29) is 5.91 Å². The zero-order chi connectivity index (χ0) is 7.98. The van der Waals surface area contributed by atoms with Crippen molar-refractivity contribution in [2.45, 2.75) is 0 Å². The Morgan fingerprint density at radius 2 is 2.00 bits per heavy atom. The van der Waals surface area contributed by atoms with Gasteiger partial charge in [0.2, 0.25) is 0 Å². The number of hydrogen-bond acceptors (Lipinski definition) is 2. The van der Waals surface area contributed by atoms with Crippen LogP contribution in [-0.2, 0) is 4.79 Å². The zero-order valence-electron chi connectivity index (χ0n) is 4.89. The van der Waals surface area contributed by atoms with Crippen LogP contribution in [0.3, 0.4) is 0 Å². The molecule has 2 N–H and O–H groups in total. The second-order valence-corrected chi connectivity index (χ2v) is 1.26. The average molecular weight is 143 g/mol. The maximum Gasteiger partial charge on any atom is 0.503 e. The predicted octanol–water partition coefficient (Wildman–Crippen LogP) is 0.376. The molecule has 0 aromatic carbocycles. The standard InChI is InChI=1S/C4H3NO.CH2O3/c6-4-2-1-3-5-4;2-1(3)4/h1-3H;(H2,2,3,4). The number of carbonyl (C=O) groups is 2. The summed E-state index contributed by atoms with van der Waals surface area (Å²) in [6, 6.07) is 0. The summed E-state index contributed by atoms with van der Waals surface area (Å²) in [4.78, 5) is 21.9. The van der Waals surface area contributed by atoms with Gasteiger partial charge in [-0.05, 0) is 6.08 Å². The highest BCUT2D eigenvalue weighted by atomic mass is 16.6. The van der Waals surface area contributed by atoms with Gasteiger partial charge in [-0.25, -0.2) is 9.79 Å². The molecule has 0 saturated heterocycles. The molecule has 0 radical (unpaired) electrons. The van der Waals surface area contributed by atoms with Gasteiger partial charge in [0.15, 0.2) is 0 Å². The molecule has 0 fully saturated rings. The Hall–Kier alpha value is -1.65. The van der Waals surface area contributed by atoms with Crippen molar-refractivity contribution < 1.29 is 19.8 Å². The molecule has 5 heteroatoms. The molecule has 1 aliphatic rings. The summed E-state index contributed by atoms with van der Waals surface area (Å²) in [5.41, 5.74) is 0. The predicted molar refractivity (Wildman–Crippen MR) is 33.3 cm³/mol. The number of nitrogens with zero attached hydrogens (tertiary/aromatic N) is 1. The van der Waals surface area contributed by atoms with Gasteiger partial charge in [-0.2, -0.15) is 0 Å². The summed E-state index contributed by atoms with van der Waals surface area (Å²) in [5, 5.41) is 13.9. The van der Waals surface area contributed by atoms with Crippen LogP contribution in [0.2, 0.25) is 0 Å². The maximum atomic E-state index is 9.96. The number of carboxylic acid groups (broad SMARTS) is 2. The summed E-state index contributed by atoms with van der Waals surface area (Å²) in [6.45, 7) is 0. The van der Waals surface area contributed by atoms with Gasteiger partial charge in [-0.3, -0.25) is 4.79 Å². The second kappa shape index (κ2) is 4.25. The molecule has 0 atom stereocenters. The van der Waals surface area contributed by atoms with Crippen LogP contribution in [0.15, 0.2) is 17.1 Å². The third-order valence-electron chi connectivity index (χ3n) is 0.527. The van der Waals surface area contributed by atoms with Gasteiger partial charge in [0.1, 0.15) is 0 Å². The Balaban J connectivity index is 0.000000180. The Bertz CT molecular complexity index is 176. The molecular weight excluding hydrogens is 138 g/mol. The van der Waals surface area contributed by atoms with Crippen LogP contribution >= 0.6 is 0 Å². The molecule has 0 aromatic rings. The molecule has 0 aliphatic carbocycles. The molecule has 1 aliphatic heterocycles. The smallest absolute Gasteiger partial charge is 0.450 e. The molecule has 1 rings (SSSR count). The molecule has 0 unspecified atom stereocenters. The number of carbonyl (C=O) groups excluding carboxylic acids is 1. The summed E-state index contributed by atoms with van der Waals surface area (Å²) < 4.78 is 0. The molecule has 1 amide bonds. The lowest BCUT2D eigenvalue weighted by atomic mass is 10.6. The first kappa shape index (κ1) is 8.35. The van der Waals surface area contributed by atoms with E-state index in [0.717, 1.165) is 0 Å². The van der Waals surface area contributed by atoms with Crippen molar-refractivity contribution in [3.05, 3.63) is 12.2 Å². The number of hydrogen-bond donors (Lipinski definition) is 2. The lowest BCUT2D eigenvalue weighted by molar-refractivity contribution is -0.113. The first-order valence-corrected chi connectivity index (χ1v) is 2.29. The van der Waals surface area contributed by atoms with Crippen LogP contribution in [0.25, 0.3) is 0 Å². The SMILES string of the molecule is O=C(O)O.O=C1C=CC=N1. The highest BCUT2D eigenvalue weighted by Gasteiger charge is 1.90. The van der Waals surface area contributed by atoms with Crippen molar-refractivity contribution in [1.29, 1.82) is 0 Å². The lowest BCUT2D eigenvalue weighted by Crippen LogP contribution is -1.81. The van der Waals surface area contributed by atoms with Crippen molar-refractivity contribution in [3.8, 4) is 0 Å². The van der Waals surface area contributed by atoms with E-state index in [1.807, 2.05) is 0 Å². The molecular formula is C5H5NO4. The van der Waals surface area contributed by atoms with E-state index >= 15 is 0 Å². The second-order valence-electron chi connectivity index (χ2n) is 1.26. The Labute approximate surface area is 56.3 Å². The van der Waals surface area contributed by atoms with Gasteiger partial charge in [0.25, 0.3) is 5.91 Å². The Kier molecular flexibility index (Phi) is 3.55. The van der Waals surface area contributed by atoms with Crippen molar-refractivity contribution in [2.24, 2.45) is 4.99 Å². The van der Waals surface area contributed by atoms with E-state index < -0.39 is 6.16 Å². The minimum absolute atomic E-state index is 0.157. The van der Waals surface area contributed by atoms with E-state index in [1.54, 1.807) is 6.08 Å². The number of aliphatic imine (C=N–C) groups is 1. The van der Waals surface area contributed by atoms with Gasteiger partial charge in [-0.1, -0.05) is 0 Å². The van der Waals surface area contributed by atoms with Crippen molar-refractivity contribution in [2.75, 3.05) is 0 Å². The average Bonchev–Trinajstić information content (AvgIpc) is 2.15. The summed E-state index contributed by atoms with van der Waals surface area (Å²) in [5.74, 6) is -0.157. The van der Waals surface area contributed by atoms with Crippen molar-refractivity contribution in [1.82, 2.24) is 0 Å². The maximum absolute atomic E-state index is 9.96. The fourth-order valence-corrected chi connectivity index (χ4v) is 0.285. The minimum atomic E-state index is -1.83. The monoisotopic (exact) mass is 143 g/mol.